The van der Waals surface area contributed by atoms with Crippen LogP contribution < -0.4 is 16.4 Å². The average Bonchev–Trinajstić information content (AvgIpc) is 2.42. The number of carbonyl (C=O) groups excluding carboxylic acids is 2. The third-order valence-corrected chi connectivity index (χ3v) is 2.55. The van der Waals surface area contributed by atoms with Gasteiger partial charge in [0.25, 0.3) is 5.91 Å². The molecule has 0 fully saturated rings. The molecule has 0 spiro atoms. The van der Waals surface area contributed by atoms with E-state index in [1.54, 1.807) is 24.3 Å². The molecule has 0 unspecified atom stereocenters. The van der Waals surface area contributed by atoms with Crippen LogP contribution in [-0.4, -0.2) is 24.9 Å². The minimum Gasteiger partial charge on any atom is -0.352 e. The fourth-order valence-electron chi connectivity index (χ4n) is 1.56. The molecule has 4 N–H and O–H groups in total. The molecule has 0 aliphatic rings. The number of hydrogen-bond acceptors (Lipinski definition) is 3. The van der Waals surface area contributed by atoms with Crippen LogP contribution in [0.25, 0.3) is 0 Å². The van der Waals surface area contributed by atoms with E-state index < -0.39 is 0 Å². The lowest BCUT2D eigenvalue weighted by Gasteiger charge is -2.07. The highest BCUT2D eigenvalue weighted by atomic mass is 16.2. The zero-order valence-electron chi connectivity index (χ0n) is 11.2. The summed E-state index contributed by atoms with van der Waals surface area (Å²) in [5.74, 6) is -0.212. The number of benzene rings is 1. The summed E-state index contributed by atoms with van der Waals surface area (Å²) < 4.78 is 0. The molecule has 1 aromatic rings. The molecule has 0 atom stereocenters. The van der Waals surface area contributed by atoms with Crippen LogP contribution in [0.2, 0.25) is 0 Å². The van der Waals surface area contributed by atoms with Crippen LogP contribution in [0.1, 0.15) is 36.5 Å². The second-order valence-electron chi connectivity index (χ2n) is 4.28. The molecule has 0 heterocycles. The number of anilines is 1. The topological polar surface area (TPSA) is 84.2 Å². The first-order valence-corrected chi connectivity index (χ1v) is 6.55. The Labute approximate surface area is 113 Å². The maximum Gasteiger partial charge on any atom is 0.251 e. The lowest BCUT2D eigenvalue weighted by Crippen LogP contribution is -2.24. The molecular weight excluding hydrogens is 242 g/mol. The van der Waals surface area contributed by atoms with Gasteiger partial charge in [-0.15, -0.1) is 0 Å². The van der Waals surface area contributed by atoms with Crippen molar-refractivity contribution in [2.75, 3.05) is 18.4 Å². The molecule has 0 aliphatic carbocycles. The van der Waals surface area contributed by atoms with E-state index in [1.807, 2.05) is 6.92 Å². The van der Waals surface area contributed by atoms with E-state index in [1.165, 1.54) is 0 Å². The summed E-state index contributed by atoms with van der Waals surface area (Å²) in [5, 5.41) is 5.55. The summed E-state index contributed by atoms with van der Waals surface area (Å²) in [6.45, 7) is 3.13. The van der Waals surface area contributed by atoms with Gasteiger partial charge in [0, 0.05) is 24.2 Å². The molecule has 0 aromatic heterocycles. The Bertz CT molecular complexity index is 432. The van der Waals surface area contributed by atoms with Crippen molar-refractivity contribution in [3.05, 3.63) is 29.8 Å². The molecule has 19 heavy (non-hydrogen) atoms. The molecule has 5 heteroatoms. The Morgan fingerprint density at radius 3 is 2.79 bits per heavy atom. The summed E-state index contributed by atoms with van der Waals surface area (Å²) in [6.07, 6.45) is 1.94. The van der Waals surface area contributed by atoms with Crippen molar-refractivity contribution in [1.29, 1.82) is 0 Å². The van der Waals surface area contributed by atoms with Crippen molar-refractivity contribution >= 4 is 17.5 Å². The maximum atomic E-state index is 11.8. The van der Waals surface area contributed by atoms with Crippen molar-refractivity contribution in [2.24, 2.45) is 5.73 Å². The SMILES string of the molecule is CCCNC(=O)c1cccc(NC(=O)CCCN)c1. The summed E-state index contributed by atoms with van der Waals surface area (Å²) in [4.78, 5) is 23.3. The van der Waals surface area contributed by atoms with Crippen LogP contribution in [0.4, 0.5) is 5.69 Å². The van der Waals surface area contributed by atoms with Crippen LogP contribution in [0.5, 0.6) is 0 Å². The van der Waals surface area contributed by atoms with Crippen molar-refractivity contribution < 1.29 is 9.59 Å². The molecule has 1 rings (SSSR count). The van der Waals surface area contributed by atoms with Crippen LogP contribution in [0, 0.1) is 0 Å². The van der Waals surface area contributed by atoms with Gasteiger partial charge < -0.3 is 16.4 Å². The summed E-state index contributed by atoms with van der Waals surface area (Å²) in [6, 6.07) is 6.90. The average molecular weight is 263 g/mol. The van der Waals surface area contributed by atoms with E-state index >= 15 is 0 Å². The van der Waals surface area contributed by atoms with E-state index in [0.29, 0.717) is 37.2 Å². The molecule has 5 nitrogen and oxygen atoms in total. The second-order valence-corrected chi connectivity index (χ2v) is 4.28. The van der Waals surface area contributed by atoms with Crippen molar-refractivity contribution in [3.63, 3.8) is 0 Å². The normalized spacial score (nSPS) is 10.0. The van der Waals surface area contributed by atoms with Crippen LogP contribution in [-0.2, 0) is 4.79 Å². The standard InChI is InChI=1S/C14H21N3O2/c1-2-9-16-14(19)11-5-3-6-12(10-11)17-13(18)7-4-8-15/h3,5-6,10H,2,4,7-9,15H2,1H3,(H,16,19)(H,17,18). The monoisotopic (exact) mass is 263 g/mol. The Balaban J connectivity index is 2.61. The number of nitrogens with one attached hydrogen (secondary N) is 2. The second kappa shape index (κ2) is 8.26. The highest BCUT2D eigenvalue weighted by Gasteiger charge is 2.07. The van der Waals surface area contributed by atoms with Gasteiger partial charge in [0.2, 0.25) is 5.91 Å². The molecule has 2 amide bonds. The predicted octanol–water partition coefficient (Wildman–Crippen LogP) is 1.50. The molecule has 0 saturated carbocycles. The van der Waals surface area contributed by atoms with Crippen LogP contribution >= 0.6 is 0 Å². The molecule has 0 bridgehead atoms. The molecule has 0 radical (unpaired) electrons. The molecule has 1 aromatic carbocycles. The zero-order chi connectivity index (χ0) is 14.1. The van der Waals surface area contributed by atoms with Gasteiger partial charge >= 0.3 is 0 Å². The van der Waals surface area contributed by atoms with E-state index in [4.69, 9.17) is 5.73 Å². The van der Waals surface area contributed by atoms with Crippen LogP contribution in [0.15, 0.2) is 24.3 Å². The zero-order valence-corrected chi connectivity index (χ0v) is 11.2. The highest BCUT2D eigenvalue weighted by Crippen LogP contribution is 2.11. The fraction of sp³-hybridized carbons (Fsp3) is 0.429. The van der Waals surface area contributed by atoms with E-state index in [2.05, 4.69) is 10.6 Å². The van der Waals surface area contributed by atoms with Gasteiger partial charge in [0.1, 0.15) is 0 Å². The Morgan fingerprint density at radius 1 is 1.32 bits per heavy atom. The molecule has 104 valence electrons. The van der Waals surface area contributed by atoms with Gasteiger partial charge in [-0.3, -0.25) is 9.59 Å². The van der Waals surface area contributed by atoms with Gasteiger partial charge in [0.05, 0.1) is 0 Å². The Kier molecular flexibility index (Phi) is 6.60. The number of hydrogen-bond donors (Lipinski definition) is 3. The highest BCUT2D eigenvalue weighted by molar-refractivity contribution is 5.97. The lowest BCUT2D eigenvalue weighted by atomic mass is 10.2. The maximum absolute atomic E-state index is 11.8. The first-order valence-electron chi connectivity index (χ1n) is 6.55. The third kappa shape index (κ3) is 5.52. The van der Waals surface area contributed by atoms with E-state index in [9.17, 15) is 9.59 Å². The minimum atomic E-state index is -0.125. The van der Waals surface area contributed by atoms with Gasteiger partial charge in [-0.1, -0.05) is 13.0 Å². The smallest absolute Gasteiger partial charge is 0.251 e. The van der Waals surface area contributed by atoms with Crippen molar-refractivity contribution in [3.8, 4) is 0 Å². The summed E-state index contributed by atoms with van der Waals surface area (Å²) >= 11 is 0. The number of carbonyl (C=O) groups is 2. The van der Waals surface area contributed by atoms with E-state index in [-0.39, 0.29) is 11.8 Å². The minimum absolute atomic E-state index is 0.0865. The predicted molar refractivity (Wildman–Crippen MR) is 76.0 cm³/mol. The Morgan fingerprint density at radius 2 is 2.11 bits per heavy atom. The first-order chi connectivity index (χ1) is 9.17. The quantitative estimate of drug-likeness (QED) is 0.697. The molecular formula is C14H21N3O2. The largest absolute Gasteiger partial charge is 0.352 e. The number of amides is 2. The lowest BCUT2D eigenvalue weighted by molar-refractivity contribution is -0.116. The molecule has 0 aliphatic heterocycles. The first kappa shape index (κ1) is 15.2. The van der Waals surface area contributed by atoms with Gasteiger partial charge in [-0.25, -0.2) is 0 Å². The van der Waals surface area contributed by atoms with Crippen LogP contribution in [0.3, 0.4) is 0 Å². The van der Waals surface area contributed by atoms with Crippen molar-refractivity contribution in [2.45, 2.75) is 26.2 Å². The van der Waals surface area contributed by atoms with Gasteiger partial charge in [0.15, 0.2) is 0 Å². The summed E-state index contributed by atoms with van der Waals surface area (Å²) in [7, 11) is 0. The third-order valence-electron chi connectivity index (χ3n) is 2.55. The number of nitrogens with two attached hydrogens (primary N) is 1. The fourth-order valence-corrected chi connectivity index (χ4v) is 1.56. The Hall–Kier alpha value is -1.88. The van der Waals surface area contributed by atoms with Crippen molar-refractivity contribution in [1.82, 2.24) is 5.32 Å². The molecule has 0 saturated heterocycles. The van der Waals surface area contributed by atoms with E-state index in [0.717, 1.165) is 6.42 Å². The summed E-state index contributed by atoms with van der Waals surface area (Å²) in [5.41, 5.74) is 6.52. The van der Waals surface area contributed by atoms with Gasteiger partial charge in [-0.05, 0) is 37.6 Å². The van der Waals surface area contributed by atoms with Gasteiger partial charge in [-0.2, -0.15) is 0 Å². The number of rotatable bonds is 7.